The van der Waals surface area contributed by atoms with E-state index >= 15 is 0 Å². The molecule has 34 heavy (non-hydrogen) atoms. The summed E-state index contributed by atoms with van der Waals surface area (Å²) in [7, 11) is 0. The summed E-state index contributed by atoms with van der Waals surface area (Å²) in [6, 6.07) is 2.12. The largest absolute Gasteiger partial charge is 0.390 e. The lowest BCUT2D eigenvalue weighted by atomic mass is 9.39. The van der Waals surface area contributed by atoms with Gasteiger partial charge in [0.25, 0.3) is 0 Å². The zero-order valence-corrected chi connectivity index (χ0v) is 21.0. The molecule has 184 valence electrons. The van der Waals surface area contributed by atoms with Crippen molar-refractivity contribution >= 4 is 5.78 Å². The van der Waals surface area contributed by atoms with E-state index in [2.05, 4.69) is 25.0 Å². The minimum Gasteiger partial charge on any atom is -0.390 e. The molecule has 0 saturated heterocycles. The average molecular weight is 464 g/mol. The van der Waals surface area contributed by atoms with Crippen LogP contribution < -0.4 is 0 Å². The lowest BCUT2D eigenvalue weighted by Gasteiger charge is -2.65. The lowest BCUT2D eigenvalue weighted by Crippen LogP contribution is -2.60. The quantitative estimate of drug-likeness (QED) is 0.638. The Morgan fingerprint density at radius 2 is 1.88 bits per heavy atom. The molecule has 1 aromatic heterocycles. The highest BCUT2D eigenvalue weighted by atomic mass is 16.3. The molecule has 5 aliphatic rings. The first-order valence-electron chi connectivity index (χ1n) is 13.9. The normalized spacial score (nSPS) is 46.0. The highest BCUT2D eigenvalue weighted by molar-refractivity contribution is 5.81. The van der Waals surface area contributed by atoms with Crippen molar-refractivity contribution in [3.8, 4) is 6.07 Å². The van der Waals surface area contributed by atoms with E-state index in [9.17, 15) is 9.90 Å². The third-order valence-electron chi connectivity index (χ3n) is 11.6. The molecule has 1 aromatic rings. The molecule has 5 aliphatic carbocycles. The first-order valence-corrected chi connectivity index (χ1v) is 13.9. The second-order valence-corrected chi connectivity index (χ2v) is 13.3. The minimum atomic E-state index is -0.473. The fraction of sp³-hybridized carbons (Fsp3) is 0.828. The minimum absolute atomic E-state index is 0.0967. The molecule has 1 N–H and O–H groups in total. The summed E-state index contributed by atoms with van der Waals surface area (Å²) in [5, 5.41) is 24.3. The van der Waals surface area contributed by atoms with Crippen molar-refractivity contribution in [3.05, 3.63) is 18.0 Å². The van der Waals surface area contributed by atoms with Gasteiger partial charge in [-0.2, -0.15) is 10.4 Å². The van der Waals surface area contributed by atoms with Gasteiger partial charge < -0.3 is 5.11 Å². The summed E-state index contributed by atoms with van der Waals surface area (Å²) in [6.45, 7) is 4.82. The number of aliphatic hydroxyl groups is 1. The van der Waals surface area contributed by atoms with Crippen LogP contribution in [0.25, 0.3) is 0 Å². The molecule has 0 radical (unpaired) electrons. The van der Waals surface area contributed by atoms with E-state index in [1.54, 1.807) is 17.1 Å². The standard InChI is InChI=1S/C29H41N3O2/c1-27(34)12-13-29(20-6-7-20)21(14-27)8-9-22-23-4-3-5-25(28(23,2)11-10-24(22)29)26(33)18-32-17-19(15-30)16-31-32/h16-17,20-25,34H,3-14,18H2,1-2H3/t21-,22+,23+,24+,25+,27-,28+,29-/m1/s1. The molecule has 1 heterocycles. The summed E-state index contributed by atoms with van der Waals surface area (Å²) in [6.07, 6.45) is 17.8. The average Bonchev–Trinajstić information content (AvgIpc) is 3.56. The van der Waals surface area contributed by atoms with E-state index in [1.807, 2.05) is 0 Å². The second-order valence-electron chi connectivity index (χ2n) is 13.3. The van der Waals surface area contributed by atoms with Gasteiger partial charge in [0.05, 0.1) is 23.9 Å². The van der Waals surface area contributed by atoms with Crippen LogP contribution in [0.15, 0.2) is 12.4 Å². The van der Waals surface area contributed by atoms with E-state index in [4.69, 9.17) is 5.26 Å². The third-order valence-corrected chi connectivity index (χ3v) is 11.6. The van der Waals surface area contributed by atoms with Crippen molar-refractivity contribution < 1.29 is 9.90 Å². The number of carbonyl (C=O) groups is 1. The van der Waals surface area contributed by atoms with E-state index in [0.29, 0.717) is 35.1 Å². The monoisotopic (exact) mass is 463 g/mol. The van der Waals surface area contributed by atoms with Gasteiger partial charge in [-0.25, -0.2) is 0 Å². The van der Waals surface area contributed by atoms with Crippen LogP contribution in [0.3, 0.4) is 0 Å². The molecule has 0 aromatic carbocycles. The molecule has 5 heteroatoms. The van der Waals surface area contributed by atoms with Gasteiger partial charge in [-0.15, -0.1) is 0 Å². The first-order chi connectivity index (χ1) is 16.3. The van der Waals surface area contributed by atoms with E-state index in [-0.39, 0.29) is 11.3 Å². The van der Waals surface area contributed by atoms with Gasteiger partial charge in [-0.05, 0) is 118 Å². The number of rotatable bonds is 4. The first kappa shape index (κ1) is 22.8. The van der Waals surface area contributed by atoms with E-state index in [0.717, 1.165) is 43.4 Å². The molecule has 5 nitrogen and oxygen atoms in total. The van der Waals surface area contributed by atoms with Gasteiger partial charge in [0, 0.05) is 12.1 Å². The predicted octanol–water partition coefficient (Wildman–Crippen LogP) is 5.51. The maximum atomic E-state index is 13.6. The van der Waals surface area contributed by atoms with Crippen molar-refractivity contribution in [2.45, 2.75) is 103 Å². The van der Waals surface area contributed by atoms with Gasteiger partial charge in [-0.3, -0.25) is 9.48 Å². The number of nitrogens with zero attached hydrogens (tertiary/aromatic N) is 3. The van der Waals surface area contributed by atoms with Crippen molar-refractivity contribution in [2.75, 3.05) is 0 Å². The SMILES string of the molecule is C[C@@]1(O)CC[C@@]2(C3CC3)[C@H](CC[C@H]3[C@@H]4CCC[C@@H](C(=O)Cn5cc(C#N)cn5)[C@@]4(C)CC[C@@H]32)C1. The van der Waals surface area contributed by atoms with Crippen LogP contribution in [0.2, 0.25) is 0 Å². The summed E-state index contributed by atoms with van der Waals surface area (Å²) >= 11 is 0. The highest BCUT2D eigenvalue weighted by Gasteiger charge is 2.65. The zero-order valence-electron chi connectivity index (χ0n) is 21.0. The molecule has 0 spiro atoms. The third kappa shape index (κ3) is 3.42. The van der Waals surface area contributed by atoms with Crippen LogP contribution in [0.4, 0.5) is 0 Å². The Hall–Kier alpha value is -1.67. The Morgan fingerprint density at radius 1 is 1.09 bits per heavy atom. The summed E-state index contributed by atoms with van der Waals surface area (Å²) in [5.74, 6) is 4.22. The van der Waals surface area contributed by atoms with Crippen LogP contribution in [0.5, 0.6) is 0 Å². The van der Waals surface area contributed by atoms with E-state index in [1.165, 1.54) is 51.4 Å². The number of Topliss-reactive ketones (excluding diaryl/α,β-unsaturated/α-hetero) is 1. The molecular formula is C29H41N3O2. The van der Waals surface area contributed by atoms with Gasteiger partial charge in [0.15, 0.2) is 5.78 Å². The Balaban J connectivity index is 1.26. The molecule has 0 amide bonds. The van der Waals surface area contributed by atoms with Crippen LogP contribution >= 0.6 is 0 Å². The second kappa shape index (κ2) is 7.92. The molecule has 8 atom stereocenters. The Kier molecular flexibility index (Phi) is 5.30. The van der Waals surface area contributed by atoms with Crippen LogP contribution in [0, 0.1) is 57.7 Å². The summed E-state index contributed by atoms with van der Waals surface area (Å²) in [4.78, 5) is 13.6. The smallest absolute Gasteiger partial charge is 0.157 e. The number of nitriles is 1. The van der Waals surface area contributed by atoms with Gasteiger partial charge in [-0.1, -0.05) is 13.3 Å². The van der Waals surface area contributed by atoms with Crippen LogP contribution in [0.1, 0.15) is 96.5 Å². The zero-order chi connectivity index (χ0) is 23.7. The number of aromatic nitrogens is 2. The van der Waals surface area contributed by atoms with E-state index < -0.39 is 5.60 Å². The molecule has 0 aliphatic heterocycles. The summed E-state index contributed by atoms with van der Waals surface area (Å²) < 4.78 is 1.67. The molecule has 5 fully saturated rings. The number of ketones is 1. The lowest BCUT2D eigenvalue weighted by molar-refractivity contribution is -0.181. The predicted molar refractivity (Wildman–Crippen MR) is 129 cm³/mol. The van der Waals surface area contributed by atoms with Gasteiger partial charge in [0.2, 0.25) is 0 Å². The molecule has 6 rings (SSSR count). The topological polar surface area (TPSA) is 78.9 Å². The fourth-order valence-corrected chi connectivity index (χ4v) is 10.1. The summed E-state index contributed by atoms with van der Waals surface area (Å²) in [5.41, 5.74) is 0.611. The molecule has 5 saturated carbocycles. The van der Waals surface area contributed by atoms with Crippen LogP contribution in [-0.2, 0) is 11.3 Å². The molecular weight excluding hydrogens is 422 g/mol. The maximum absolute atomic E-state index is 13.6. The number of hydrogen-bond donors (Lipinski definition) is 1. The number of fused-ring (bicyclic) bond motifs is 5. The fourth-order valence-electron chi connectivity index (χ4n) is 10.1. The number of hydrogen-bond acceptors (Lipinski definition) is 4. The van der Waals surface area contributed by atoms with Crippen LogP contribution in [-0.4, -0.2) is 26.3 Å². The van der Waals surface area contributed by atoms with Gasteiger partial charge in [0.1, 0.15) is 6.07 Å². The Bertz CT molecular complexity index is 1000. The number of carbonyl (C=O) groups excluding carboxylic acids is 1. The molecule has 0 unspecified atom stereocenters. The van der Waals surface area contributed by atoms with Crippen molar-refractivity contribution in [1.29, 1.82) is 5.26 Å². The Morgan fingerprint density at radius 3 is 2.62 bits per heavy atom. The highest BCUT2D eigenvalue weighted by Crippen LogP contribution is 2.72. The van der Waals surface area contributed by atoms with Crippen molar-refractivity contribution in [2.24, 2.45) is 46.3 Å². The van der Waals surface area contributed by atoms with Gasteiger partial charge >= 0.3 is 0 Å². The maximum Gasteiger partial charge on any atom is 0.157 e. The van der Waals surface area contributed by atoms with Crippen molar-refractivity contribution in [3.63, 3.8) is 0 Å². The van der Waals surface area contributed by atoms with Crippen molar-refractivity contribution in [1.82, 2.24) is 9.78 Å². The Labute approximate surface area is 204 Å². The molecule has 0 bridgehead atoms.